The molecule has 0 amide bonds. The molecule has 0 bridgehead atoms. The highest BCUT2D eigenvalue weighted by Crippen LogP contribution is 2.22. The number of rotatable bonds is 3. The molecule has 2 nitrogen and oxygen atoms in total. The lowest BCUT2D eigenvalue weighted by molar-refractivity contribution is 0.887. The third-order valence-electron chi connectivity index (χ3n) is 2.58. The summed E-state index contributed by atoms with van der Waals surface area (Å²) in [7, 11) is 0. The van der Waals surface area contributed by atoms with Gasteiger partial charge in [-0.15, -0.1) is 11.8 Å². The highest BCUT2D eigenvalue weighted by molar-refractivity contribution is 8.22. The molecule has 1 heterocycles. The average Bonchev–Trinajstić information content (AvgIpc) is 2.72. The molecule has 0 aliphatic rings. The van der Waals surface area contributed by atoms with Gasteiger partial charge >= 0.3 is 0 Å². The summed E-state index contributed by atoms with van der Waals surface area (Å²) in [6.07, 6.45) is 4.94. The number of hydrogen-bond donors (Lipinski definition) is 2. The van der Waals surface area contributed by atoms with Crippen LogP contribution in [0.1, 0.15) is 5.56 Å². The van der Waals surface area contributed by atoms with Gasteiger partial charge in [-0.2, -0.15) is 0 Å². The highest BCUT2D eigenvalue weighted by Gasteiger charge is 2.04. The molecule has 1 aromatic carbocycles. The van der Waals surface area contributed by atoms with Crippen molar-refractivity contribution in [2.24, 2.45) is 0 Å². The molecule has 90 valence electrons. The number of fused-ring (bicyclic) bond motifs is 1. The maximum absolute atomic E-state index is 6.00. The van der Waals surface area contributed by atoms with E-state index in [1.165, 1.54) is 10.9 Å². The summed E-state index contributed by atoms with van der Waals surface area (Å²) >= 11 is 12.7. The van der Waals surface area contributed by atoms with Gasteiger partial charge in [-0.3, -0.25) is 0 Å². The molecule has 0 aliphatic carbocycles. The molecule has 5 heteroatoms. The number of thioether (sulfide) groups is 1. The lowest BCUT2D eigenvalue weighted by atomic mass is 10.1. The zero-order valence-electron chi connectivity index (χ0n) is 9.42. The molecule has 0 radical (unpaired) electrons. The fourth-order valence-electron chi connectivity index (χ4n) is 1.73. The Labute approximate surface area is 115 Å². The quantitative estimate of drug-likeness (QED) is 0.844. The van der Waals surface area contributed by atoms with Crippen molar-refractivity contribution in [3.05, 3.63) is 35.0 Å². The van der Waals surface area contributed by atoms with E-state index in [2.05, 4.69) is 10.3 Å². The van der Waals surface area contributed by atoms with Crippen LogP contribution in [0.3, 0.4) is 0 Å². The van der Waals surface area contributed by atoms with Crippen LogP contribution in [0, 0.1) is 0 Å². The van der Waals surface area contributed by atoms with Crippen LogP contribution < -0.4 is 5.32 Å². The van der Waals surface area contributed by atoms with Crippen LogP contribution in [-0.2, 0) is 6.42 Å². The van der Waals surface area contributed by atoms with Gasteiger partial charge in [0.2, 0.25) is 0 Å². The molecule has 2 aromatic rings. The van der Waals surface area contributed by atoms with Gasteiger partial charge in [-0.1, -0.05) is 23.8 Å². The molecule has 0 spiro atoms. The van der Waals surface area contributed by atoms with Crippen molar-refractivity contribution >= 4 is 50.8 Å². The van der Waals surface area contributed by atoms with E-state index < -0.39 is 0 Å². The molecule has 2 N–H and O–H groups in total. The Morgan fingerprint density at radius 2 is 2.35 bits per heavy atom. The molecular formula is C12H13ClN2S2. The van der Waals surface area contributed by atoms with Gasteiger partial charge in [-0.05, 0) is 36.4 Å². The van der Waals surface area contributed by atoms with Crippen LogP contribution in [-0.4, -0.2) is 22.1 Å². The fraction of sp³-hybridized carbons (Fsp3) is 0.250. The fourth-order valence-corrected chi connectivity index (χ4v) is 2.25. The third-order valence-corrected chi connectivity index (χ3v) is 3.97. The minimum atomic E-state index is 0.769. The van der Waals surface area contributed by atoms with Crippen LogP contribution >= 0.6 is 35.6 Å². The van der Waals surface area contributed by atoms with Crippen molar-refractivity contribution < 1.29 is 0 Å². The first kappa shape index (κ1) is 12.7. The molecule has 2 rings (SSSR count). The lowest BCUT2D eigenvalue weighted by Gasteiger charge is -2.04. The van der Waals surface area contributed by atoms with Gasteiger partial charge in [0.05, 0.1) is 0 Å². The largest absolute Gasteiger partial charge is 0.371 e. The van der Waals surface area contributed by atoms with Crippen LogP contribution in [0.15, 0.2) is 24.4 Å². The first-order valence-corrected chi connectivity index (χ1v) is 7.29. The summed E-state index contributed by atoms with van der Waals surface area (Å²) in [5.74, 6) is 0. The second-order valence-electron chi connectivity index (χ2n) is 3.67. The number of halogens is 1. The van der Waals surface area contributed by atoms with E-state index in [4.69, 9.17) is 23.8 Å². The third kappa shape index (κ3) is 3.15. The zero-order chi connectivity index (χ0) is 12.3. The van der Waals surface area contributed by atoms with Crippen LogP contribution in [0.2, 0.25) is 5.02 Å². The maximum atomic E-state index is 6.00. The lowest BCUT2D eigenvalue weighted by Crippen LogP contribution is -2.20. The Hall–Kier alpha value is -0.710. The van der Waals surface area contributed by atoms with Crippen molar-refractivity contribution in [1.29, 1.82) is 0 Å². The second kappa shape index (κ2) is 5.76. The van der Waals surface area contributed by atoms with Gasteiger partial charge in [0.1, 0.15) is 4.32 Å². The Morgan fingerprint density at radius 3 is 3.12 bits per heavy atom. The Balaban J connectivity index is 2.08. The highest BCUT2D eigenvalue weighted by atomic mass is 35.5. The smallest absolute Gasteiger partial charge is 0.133 e. The van der Waals surface area contributed by atoms with Gasteiger partial charge in [0.25, 0.3) is 0 Å². The van der Waals surface area contributed by atoms with Gasteiger partial charge in [-0.25, -0.2) is 0 Å². The first-order chi connectivity index (χ1) is 8.20. The van der Waals surface area contributed by atoms with Crippen molar-refractivity contribution in [3.63, 3.8) is 0 Å². The molecule has 0 fully saturated rings. The number of aromatic amines is 1. The molecule has 0 aliphatic heterocycles. The number of H-pyrrole nitrogens is 1. The summed E-state index contributed by atoms with van der Waals surface area (Å²) in [4.78, 5) is 3.24. The van der Waals surface area contributed by atoms with Crippen LogP contribution in [0.4, 0.5) is 0 Å². The first-order valence-electron chi connectivity index (χ1n) is 5.28. The normalized spacial score (nSPS) is 10.7. The summed E-state index contributed by atoms with van der Waals surface area (Å²) < 4.78 is 0.836. The summed E-state index contributed by atoms with van der Waals surface area (Å²) in [6.45, 7) is 0.846. The number of thiocarbonyl (C=S) groups is 1. The molecule has 0 saturated heterocycles. The van der Waals surface area contributed by atoms with Gasteiger partial charge < -0.3 is 10.3 Å². The van der Waals surface area contributed by atoms with E-state index in [0.29, 0.717) is 0 Å². The monoisotopic (exact) mass is 284 g/mol. The molecular weight excluding hydrogens is 272 g/mol. The number of aromatic nitrogens is 1. The summed E-state index contributed by atoms with van der Waals surface area (Å²) in [5.41, 5.74) is 2.38. The SMILES string of the molecule is CSC(=S)NCCc1c[nH]c2ccc(Cl)cc12. The van der Waals surface area contributed by atoms with E-state index in [9.17, 15) is 0 Å². The van der Waals surface area contributed by atoms with Gasteiger partial charge in [0, 0.05) is 28.7 Å². The van der Waals surface area contributed by atoms with Crippen molar-refractivity contribution in [1.82, 2.24) is 10.3 Å². The standard InChI is InChI=1S/C12H13ClN2S2/c1-17-12(16)14-5-4-8-7-15-11-3-2-9(13)6-10(8)11/h2-3,6-7,15H,4-5H2,1H3,(H,14,16). The van der Waals surface area contributed by atoms with E-state index in [1.54, 1.807) is 11.8 Å². The zero-order valence-corrected chi connectivity index (χ0v) is 11.8. The van der Waals surface area contributed by atoms with Crippen LogP contribution in [0.5, 0.6) is 0 Å². The Morgan fingerprint density at radius 1 is 1.53 bits per heavy atom. The van der Waals surface area contributed by atoms with E-state index in [-0.39, 0.29) is 0 Å². The minimum absolute atomic E-state index is 0.769. The van der Waals surface area contributed by atoms with E-state index in [1.807, 2.05) is 30.7 Å². The predicted octanol–water partition coefficient (Wildman–Crippen LogP) is 3.60. The van der Waals surface area contributed by atoms with Gasteiger partial charge in [0.15, 0.2) is 0 Å². The minimum Gasteiger partial charge on any atom is -0.371 e. The molecule has 1 aromatic heterocycles. The Kier molecular flexibility index (Phi) is 4.31. The number of nitrogens with one attached hydrogen (secondary N) is 2. The van der Waals surface area contributed by atoms with Crippen molar-refractivity contribution in [2.75, 3.05) is 12.8 Å². The Bertz CT molecular complexity index is 536. The number of hydrogen-bond acceptors (Lipinski definition) is 2. The van der Waals surface area contributed by atoms with E-state index in [0.717, 1.165) is 27.8 Å². The molecule has 0 atom stereocenters. The van der Waals surface area contributed by atoms with Crippen molar-refractivity contribution in [3.8, 4) is 0 Å². The summed E-state index contributed by atoms with van der Waals surface area (Å²) in [6, 6.07) is 5.89. The van der Waals surface area contributed by atoms with E-state index >= 15 is 0 Å². The molecule has 17 heavy (non-hydrogen) atoms. The predicted molar refractivity (Wildman–Crippen MR) is 81.1 cm³/mol. The topological polar surface area (TPSA) is 27.8 Å². The van der Waals surface area contributed by atoms with Crippen LogP contribution in [0.25, 0.3) is 10.9 Å². The average molecular weight is 285 g/mol. The molecule has 0 unspecified atom stereocenters. The maximum Gasteiger partial charge on any atom is 0.133 e. The second-order valence-corrected chi connectivity index (χ2v) is 5.59. The molecule has 0 saturated carbocycles. The van der Waals surface area contributed by atoms with Crippen molar-refractivity contribution in [2.45, 2.75) is 6.42 Å². The number of benzene rings is 1. The summed E-state index contributed by atoms with van der Waals surface area (Å²) in [5, 5.41) is 5.16.